The number of benzene rings is 9. The van der Waals surface area contributed by atoms with Crippen molar-refractivity contribution in [1.82, 2.24) is 4.57 Å². The average Bonchev–Trinajstić information content (AvgIpc) is 3.84. The van der Waals surface area contributed by atoms with Crippen molar-refractivity contribution in [3.8, 4) is 39.1 Å². The molecule has 11 aromatic rings. The first kappa shape index (κ1) is 32.8. The van der Waals surface area contributed by atoms with E-state index in [1.54, 1.807) is 0 Å². The van der Waals surface area contributed by atoms with Gasteiger partial charge in [-0.05, 0) is 94.0 Å². The van der Waals surface area contributed by atoms with Gasteiger partial charge in [0.15, 0.2) is 5.58 Å². The monoisotopic (exact) mass is 728 g/mol. The molecule has 0 unspecified atom stereocenters. The normalized spacial score (nSPS) is 11.5. The largest absolute Gasteiger partial charge is 0.454 e. The number of fused-ring (bicyclic) bond motifs is 7. The molecule has 0 aliphatic heterocycles. The van der Waals surface area contributed by atoms with Crippen molar-refractivity contribution in [1.29, 1.82) is 0 Å². The Morgan fingerprint density at radius 1 is 0.351 bits per heavy atom. The van der Waals surface area contributed by atoms with Crippen LogP contribution in [0.5, 0.6) is 0 Å². The molecule has 0 saturated heterocycles. The molecule has 2 aromatic heterocycles. The number of nitrogens with zero attached hydrogens (tertiary/aromatic N) is 2. The first-order chi connectivity index (χ1) is 28.3. The molecule has 0 bridgehead atoms. The number of furan rings is 1. The summed E-state index contributed by atoms with van der Waals surface area (Å²) in [7, 11) is 0. The van der Waals surface area contributed by atoms with Gasteiger partial charge in [0, 0.05) is 38.6 Å². The van der Waals surface area contributed by atoms with Crippen LogP contribution in [0.3, 0.4) is 0 Å². The lowest BCUT2D eigenvalue weighted by Gasteiger charge is -2.27. The van der Waals surface area contributed by atoms with Crippen molar-refractivity contribution in [2.45, 2.75) is 0 Å². The van der Waals surface area contributed by atoms with Crippen molar-refractivity contribution in [3.63, 3.8) is 0 Å². The van der Waals surface area contributed by atoms with E-state index in [0.29, 0.717) is 0 Å². The fraction of sp³-hybridized carbons (Fsp3) is 0. The second kappa shape index (κ2) is 13.6. The van der Waals surface area contributed by atoms with E-state index in [4.69, 9.17) is 4.42 Å². The highest BCUT2D eigenvalue weighted by Gasteiger charge is 2.26. The van der Waals surface area contributed by atoms with Crippen LogP contribution in [0.2, 0.25) is 0 Å². The van der Waals surface area contributed by atoms with E-state index < -0.39 is 0 Å². The zero-order valence-electron chi connectivity index (χ0n) is 31.1. The molecule has 9 aromatic carbocycles. The third-order valence-corrected chi connectivity index (χ3v) is 11.1. The molecule has 0 saturated carbocycles. The summed E-state index contributed by atoms with van der Waals surface area (Å²) in [5, 5.41) is 4.58. The highest BCUT2D eigenvalue weighted by atomic mass is 16.3. The topological polar surface area (TPSA) is 21.3 Å². The van der Waals surface area contributed by atoms with Crippen LogP contribution in [0, 0.1) is 0 Å². The van der Waals surface area contributed by atoms with E-state index in [1.807, 2.05) is 0 Å². The van der Waals surface area contributed by atoms with Gasteiger partial charge in [-0.1, -0.05) is 158 Å². The van der Waals surface area contributed by atoms with Gasteiger partial charge in [0.05, 0.1) is 16.7 Å². The van der Waals surface area contributed by atoms with Crippen molar-refractivity contribution in [2.75, 3.05) is 4.90 Å². The maximum Gasteiger partial charge on any atom is 0.160 e. The molecular weight excluding hydrogens is 693 g/mol. The molecule has 0 N–H and O–H groups in total. The summed E-state index contributed by atoms with van der Waals surface area (Å²) in [4.78, 5) is 2.39. The fourth-order valence-electron chi connectivity index (χ4n) is 8.55. The molecule has 0 radical (unpaired) electrons. The minimum Gasteiger partial charge on any atom is -0.454 e. The van der Waals surface area contributed by atoms with Gasteiger partial charge < -0.3 is 13.9 Å². The van der Waals surface area contributed by atoms with Crippen LogP contribution in [0.25, 0.3) is 82.8 Å². The lowest BCUT2D eigenvalue weighted by molar-refractivity contribution is 0.669. The van der Waals surface area contributed by atoms with Crippen molar-refractivity contribution >= 4 is 60.8 Å². The standard InChI is InChI=1S/C54H36N2O/c1-5-17-37(18-6-1)40-29-31-44(32-30-40)55(45-34-41(38-19-7-2-8-20-38)33-42(35-45)39-21-9-3-10-22-39)50-36-49-52(53-47-26-14-16-28-51(47)57-54(50)53)46-25-13-15-27-48(46)56(49)43-23-11-4-12-24-43/h1-36H. The lowest BCUT2D eigenvalue weighted by Crippen LogP contribution is -2.11. The maximum atomic E-state index is 7.05. The summed E-state index contributed by atoms with van der Waals surface area (Å²) in [6, 6.07) is 78.0. The van der Waals surface area contributed by atoms with E-state index in [-0.39, 0.29) is 0 Å². The number of aromatic nitrogens is 1. The second-order valence-corrected chi connectivity index (χ2v) is 14.5. The van der Waals surface area contributed by atoms with Crippen molar-refractivity contribution in [2.24, 2.45) is 0 Å². The molecule has 0 fully saturated rings. The van der Waals surface area contributed by atoms with Gasteiger partial charge >= 0.3 is 0 Å². The summed E-state index contributed by atoms with van der Waals surface area (Å²) in [5.74, 6) is 0. The van der Waals surface area contributed by atoms with E-state index in [9.17, 15) is 0 Å². The Bertz CT molecular complexity index is 3140. The van der Waals surface area contributed by atoms with E-state index in [1.165, 1.54) is 16.3 Å². The molecule has 11 rings (SSSR count). The first-order valence-corrected chi connectivity index (χ1v) is 19.4. The molecule has 0 aliphatic carbocycles. The summed E-state index contributed by atoms with van der Waals surface area (Å²) in [6.45, 7) is 0. The molecule has 0 spiro atoms. The highest BCUT2D eigenvalue weighted by Crippen LogP contribution is 2.49. The number of anilines is 3. The first-order valence-electron chi connectivity index (χ1n) is 19.4. The Balaban J connectivity index is 1.27. The third kappa shape index (κ3) is 5.60. The molecular formula is C54H36N2O. The molecule has 57 heavy (non-hydrogen) atoms. The summed E-state index contributed by atoms with van der Waals surface area (Å²) in [5.41, 5.74) is 15.0. The van der Waals surface area contributed by atoms with E-state index in [2.05, 4.69) is 228 Å². The van der Waals surface area contributed by atoms with Crippen LogP contribution in [0.15, 0.2) is 223 Å². The molecule has 3 nitrogen and oxygen atoms in total. The lowest BCUT2D eigenvalue weighted by atomic mass is 9.97. The number of hydrogen-bond acceptors (Lipinski definition) is 2. The predicted molar refractivity (Wildman–Crippen MR) is 239 cm³/mol. The van der Waals surface area contributed by atoms with Crippen LogP contribution < -0.4 is 4.90 Å². The second-order valence-electron chi connectivity index (χ2n) is 14.5. The van der Waals surface area contributed by atoms with Gasteiger partial charge in [-0.25, -0.2) is 0 Å². The van der Waals surface area contributed by atoms with Gasteiger partial charge in [-0.3, -0.25) is 0 Å². The minimum absolute atomic E-state index is 0.846. The molecule has 2 heterocycles. The quantitative estimate of drug-likeness (QED) is 0.163. The molecule has 0 amide bonds. The van der Waals surface area contributed by atoms with Gasteiger partial charge in [0.25, 0.3) is 0 Å². The van der Waals surface area contributed by atoms with Crippen LogP contribution >= 0.6 is 0 Å². The van der Waals surface area contributed by atoms with Crippen molar-refractivity contribution < 1.29 is 4.42 Å². The van der Waals surface area contributed by atoms with E-state index in [0.717, 1.165) is 83.5 Å². The molecule has 3 heteroatoms. The Morgan fingerprint density at radius 3 is 1.49 bits per heavy atom. The SMILES string of the molecule is c1ccc(-c2ccc(N(c3cc(-c4ccccc4)cc(-c4ccccc4)c3)c3cc4c(c5ccccc5n4-c4ccccc4)c4c3oc3ccccc34)cc2)cc1. The molecule has 268 valence electrons. The van der Waals surface area contributed by atoms with Gasteiger partial charge in [0.2, 0.25) is 0 Å². The highest BCUT2D eigenvalue weighted by molar-refractivity contribution is 6.30. The summed E-state index contributed by atoms with van der Waals surface area (Å²) < 4.78 is 9.46. The minimum atomic E-state index is 0.846. The van der Waals surface area contributed by atoms with Crippen LogP contribution in [-0.4, -0.2) is 4.57 Å². The van der Waals surface area contributed by atoms with Gasteiger partial charge in [0.1, 0.15) is 5.58 Å². The Morgan fingerprint density at radius 2 is 0.860 bits per heavy atom. The summed E-state index contributed by atoms with van der Waals surface area (Å²) in [6.07, 6.45) is 0. The zero-order chi connectivity index (χ0) is 37.7. The van der Waals surface area contributed by atoms with Crippen LogP contribution in [0.4, 0.5) is 17.1 Å². The Labute approximate surface area is 330 Å². The predicted octanol–water partition coefficient (Wildman–Crippen LogP) is 15.2. The number of rotatable bonds is 7. The third-order valence-electron chi connectivity index (χ3n) is 11.1. The smallest absolute Gasteiger partial charge is 0.160 e. The van der Waals surface area contributed by atoms with Gasteiger partial charge in [-0.15, -0.1) is 0 Å². The molecule has 0 aliphatic rings. The van der Waals surface area contributed by atoms with Crippen molar-refractivity contribution in [3.05, 3.63) is 218 Å². The van der Waals surface area contributed by atoms with Crippen LogP contribution in [0.1, 0.15) is 0 Å². The Kier molecular flexibility index (Phi) is 7.82. The van der Waals surface area contributed by atoms with E-state index >= 15 is 0 Å². The average molecular weight is 729 g/mol. The summed E-state index contributed by atoms with van der Waals surface area (Å²) >= 11 is 0. The zero-order valence-corrected chi connectivity index (χ0v) is 31.1. The van der Waals surface area contributed by atoms with Gasteiger partial charge in [-0.2, -0.15) is 0 Å². The molecule has 0 atom stereocenters. The fourth-order valence-corrected chi connectivity index (χ4v) is 8.55. The maximum absolute atomic E-state index is 7.05. The number of para-hydroxylation sites is 3. The Hall–Kier alpha value is -7.62. The van der Waals surface area contributed by atoms with Crippen LogP contribution in [-0.2, 0) is 0 Å². The number of hydrogen-bond donors (Lipinski definition) is 0.